The summed E-state index contributed by atoms with van der Waals surface area (Å²) in [4.78, 5) is 14.7. The molecule has 0 amide bonds. The van der Waals surface area contributed by atoms with Crippen molar-refractivity contribution in [3.63, 3.8) is 0 Å². The van der Waals surface area contributed by atoms with E-state index in [2.05, 4.69) is 66.7 Å². The summed E-state index contributed by atoms with van der Waals surface area (Å²) >= 11 is 1.84. The smallest absolute Gasteiger partial charge is 0.164 e. The molecule has 0 aliphatic rings. The van der Waals surface area contributed by atoms with Crippen molar-refractivity contribution in [2.24, 2.45) is 0 Å². The first-order valence-electron chi connectivity index (χ1n) is 14.5. The van der Waals surface area contributed by atoms with Gasteiger partial charge in [0.2, 0.25) is 0 Å². The Hall–Kier alpha value is -5.65. The molecule has 44 heavy (non-hydrogen) atoms. The van der Waals surface area contributed by atoms with Gasteiger partial charge in [0.05, 0.1) is 0 Å². The van der Waals surface area contributed by atoms with Crippen LogP contribution in [0.25, 0.3) is 87.4 Å². The minimum absolute atomic E-state index is 0.625. The van der Waals surface area contributed by atoms with Gasteiger partial charge in [0.1, 0.15) is 11.2 Å². The summed E-state index contributed by atoms with van der Waals surface area (Å²) in [5.74, 6) is 1.91. The first kappa shape index (κ1) is 24.9. The Bertz CT molecular complexity index is 2440. The lowest BCUT2D eigenvalue weighted by Crippen LogP contribution is -2.00. The van der Waals surface area contributed by atoms with Crippen molar-refractivity contribution in [3.8, 4) is 45.3 Å². The van der Waals surface area contributed by atoms with E-state index in [0.29, 0.717) is 17.5 Å². The van der Waals surface area contributed by atoms with Crippen LogP contribution in [0.4, 0.5) is 0 Å². The van der Waals surface area contributed by atoms with Gasteiger partial charge in [0, 0.05) is 47.6 Å². The summed E-state index contributed by atoms with van der Waals surface area (Å²) in [6.07, 6.45) is 0. The van der Waals surface area contributed by atoms with E-state index in [1.807, 2.05) is 84.1 Å². The van der Waals surface area contributed by atoms with Gasteiger partial charge in [0.15, 0.2) is 17.5 Å². The van der Waals surface area contributed by atoms with Crippen LogP contribution in [0.15, 0.2) is 144 Å². The molecule has 0 atom stereocenters. The minimum atomic E-state index is 0.625. The SMILES string of the molecule is c1ccc(-c2nc(-c3ccccc3)nc(-c3ccc4oc5ccc(-c6ccc7sc8ccccc8c7c6)cc5c4c3)n2)cc1. The van der Waals surface area contributed by atoms with Crippen LogP contribution in [0.5, 0.6) is 0 Å². The van der Waals surface area contributed by atoms with Crippen LogP contribution in [0.3, 0.4) is 0 Å². The van der Waals surface area contributed by atoms with E-state index in [1.54, 1.807) is 0 Å². The molecule has 206 valence electrons. The second-order valence-electron chi connectivity index (χ2n) is 10.9. The van der Waals surface area contributed by atoms with Crippen molar-refractivity contribution in [1.29, 1.82) is 0 Å². The highest BCUT2D eigenvalue weighted by Crippen LogP contribution is 2.38. The third-order valence-corrected chi connectivity index (χ3v) is 9.29. The van der Waals surface area contributed by atoms with Crippen molar-refractivity contribution in [3.05, 3.63) is 140 Å². The number of aromatic nitrogens is 3. The number of fused-ring (bicyclic) bond motifs is 6. The molecule has 0 saturated heterocycles. The maximum atomic E-state index is 6.28. The number of benzene rings is 6. The largest absolute Gasteiger partial charge is 0.456 e. The molecule has 0 radical (unpaired) electrons. The topological polar surface area (TPSA) is 51.8 Å². The average molecular weight is 582 g/mol. The van der Waals surface area contributed by atoms with Crippen LogP contribution in [0.2, 0.25) is 0 Å². The van der Waals surface area contributed by atoms with Gasteiger partial charge in [0.25, 0.3) is 0 Å². The van der Waals surface area contributed by atoms with Crippen molar-refractivity contribution < 1.29 is 4.42 Å². The molecule has 6 aromatic carbocycles. The molecule has 0 spiro atoms. The van der Waals surface area contributed by atoms with Gasteiger partial charge in [-0.15, -0.1) is 11.3 Å². The van der Waals surface area contributed by atoms with Crippen LogP contribution in [-0.2, 0) is 0 Å². The predicted molar refractivity (Wildman–Crippen MR) is 182 cm³/mol. The van der Waals surface area contributed by atoms with Crippen LogP contribution in [-0.4, -0.2) is 15.0 Å². The third-order valence-electron chi connectivity index (χ3n) is 8.14. The Labute approximate surface area is 256 Å². The number of nitrogens with zero attached hydrogens (tertiary/aromatic N) is 3. The number of rotatable bonds is 4. The second kappa shape index (κ2) is 9.97. The molecule has 0 saturated carbocycles. The Kier molecular flexibility index (Phi) is 5.64. The highest BCUT2D eigenvalue weighted by Gasteiger charge is 2.15. The molecule has 3 aromatic heterocycles. The number of hydrogen-bond acceptors (Lipinski definition) is 5. The normalized spacial score (nSPS) is 11.6. The van der Waals surface area contributed by atoms with E-state index < -0.39 is 0 Å². The lowest BCUT2D eigenvalue weighted by Gasteiger charge is -2.08. The van der Waals surface area contributed by atoms with Gasteiger partial charge in [-0.1, -0.05) is 91.0 Å². The van der Waals surface area contributed by atoms with Gasteiger partial charge < -0.3 is 4.42 Å². The highest BCUT2D eigenvalue weighted by molar-refractivity contribution is 7.25. The summed E-state index contributed by atoms with van der Waals surface area (Å²) in [6, 6.07) is 48.1. The maximum Gasteiger partial charge on any atom is 0.164 e. The van der Waals surface area contributed by atoms with Crippen molar-refractivity contribution in [1.82, 2.24) is 15.0 Å². The first-order chi connectivity index (χ1) is 21.8. The summed E-state index contributed by atoms with van der Waals surface area (Å²) < 4.78 is 8.90. The van der Waals surface area contributed by atoms with Gasteiger partial charge in [-0.3, -0.25) is 0 Å². The van der Waals surface area contributed by atoms with Gasteiger partial charge >= 0.3 is 0 Å². The molecule has 0 N–H and O–H groups in total. The van der Waals surface area contributed by atoms with E-state index in [9.17, 15) is 0 Å². The number of hydrogen-bond donors (Lipinski definition) is 0. The van der Waals surface area contributed by atoms with Crippen molar-refractivity contribution >= 4 is 53.4 Å². The van der Waals surface area contributed by atoms with E-state index in [-0.39, 0.29) is 0 Å². The van der Waals surface area contributed by atoms with Crippen LogP contribution in [0, 0.1) is 0 Å². The monoisotopic (exact) mass is 581 g/mol. The molecule has 0 aliphatic heterocycles. The van der Waals surface area contributed by atoms with E-state index in [4.69, 9.17) is 19.4 Å². The van der Waals surface area contributed by atoms with E-state index >= 15 is 0 Å². The fraction of sp³-hybridized carbons (Fsp3) is 0. The highest BCUT2D eigenvalue weighted by atomic mass is 32.1. The second-order valence-corrected chi connectivity index (χ2v) is 12.0. The molecule has 5 heteroatoms. The molecule has 0 unspecified atom stereocenters. The fourth-order valence-corrected chi connectivity index (χ4v) is 7.03. The van der Waals surface area contributed by atoms with Crippen LogP contribution in [0.1, 0.15) is 0 Å². The van der Waals surface area contributed by atoms with Gasteiger partial charge in [-0.25, -0.2) is 15.0 Å². The summed E-state index contributed by atoms with van der Waals surface area (Å²) in [7, 11) is 0. The molecule has 9 aromatic rings. The summed E-state index contributed by atoms with van der Waals surface area (Å²) in [6.45, 7) is 0. The number of thiophene rings is 1. The Balaban J connectivity index is 1.19. The molecular weight excluding hydrogens is 559 g/mol. The summed E-state index contributed by atoms with van der Waals surface area (Å²) in [5.41, 5.74) is 6.83. The lowest BCUT2D eigenvalue weighted by molar-refractivity contribution is 0.669. The minimum Gasteiger partial charge on any atom is -0.456 e. The van der Waals surface area contributed by atoms with E-state index in [0.717, 1.165) is 44.2 Å². The van der Waals surface area contributed by atoms with Crippen molar-refractivity contribution in [2.45, 2.75) is 0 Å². The lowest BCUT2D eigenvalue weighted by atomic mass is 10.0. The predicted octanol–water partition coefficient (Wildman–Crippen LogP) is 10.8. The first-order valence-corrected chi connectivity index (χ1v) is 15.3. The molecule has 0 aliphatic carbocycles. The standard InChI is InChI=1S/C39H23N3OS/c1-3-9-24(10-4-1)37-40-38(25-11-5-2-6-12-25)42-39(41-37)28-16-19-34-31(23-28)30-21-26(15-18-33(30)43-34)27-17-20-36-32(22-27)29-13-7-8-14-35(29)44-36/h1-23H. The Morgan fingerprint density at radius 1 is 0.364 bits per heavy atom. The van der Waals surface area contributed by atoms with Crippen LogP contribution < -0.4 is 0 Å². The molecule has 0 bridgehead atoms. The third kappa shape index (κ3) is 4.17. The quantitative estimate of drug-likeness (QED) is 0.207. The zero-order valence-corrected chi connectivity index (χ0v) is 24.3. The molecule has 0 fully saturated rings. The fourth-order valence-electron chi connectivity index (χ4n) is 5.94. The maximum absolute atomic E-state index is 6.28. The molecule has 3 heterocycles. The number of furan rings is 1. The van der Waals surface area contributed by atoms with Gasteiger partial charge in [-0.05, 0) is 59.7 Å². The average Bonchev–Trinajstić information content (AvgIpc) is 3.66. The van der Waals surface area contributed by atoms with Crippen LogP contribution >= 0.6 is 11.3 Å². The zero-order valence-electron chi connectivity index (χ0n) is 23.4. The zero-order chi connectivity index (χ0) is 29.0. The van der Waals surface area contributed by atoms with E-state index in [1.165, 1.54) is 25.7 Å². The summed E-state index contributed by atoms with van der Waals surface area (Å²) in [5, 5.41) is 4.69. The Morgan fingerprint density at radius 2 is 0.841 bits per heavy atom. The molecule has 4 nitrogen and oxygen atoms in total. The van der Waals surface area contributed by atoms with Crippen molar-refractivity contribution in [2.75, 3.05) is 0 Å². The Morgan fingerprint density at radius 3 is 1.50 bits per heavy atom. The molecule has 9 rings (SSSR count). The molecular formula is C39H23N3OS. The van der Waals surface area contributed by atoms with Gasteiger partial charge in [-0.2, -0.15) is 0 Å².